The average Bonchev–Trinajstić information content (AvgIpc) is 2.49. The molecule has 23 heavy (non-hydrogen) atoms. The highest BCUT2D eigenvalue weighted by Gasteiger charge is 2.34. The molecule has 0 spiro atoms. The van der Waals surface area contributed by atoms with Crippen molar-refractivity contribution in [2.24, 2.45) is 0 Å². The number of carbonyl (C=O) groups excluding carboxylic acids is 1. The summed E-state index contributed by atoms with van der Waals surface area (Å²) < 4.78 is 25.0. The standard InChI is InChI=1S/C15H20Cl2N2O3S/c1-10(11-6-7-12(16)13(17)9-11)18-15(20)14-5-3-4-8-19(14)23(2,21)22/h6-7,9-10,14H,3-5,8H2,1-2H3,(H,18,20). The first-order valence-corrected chi connectivity index (χ1v) is 10.0. The number of nitrogens with one attached hydrogen (secondary N) is 1. The van der Waals surface area contributed by atoms with Crippen LogP contribution in [0.4, 0.5) is 0 Å². The van der Waals surface area contributed by atoms with Gasteiger partial charge in [-0.3, -0.25) is 4.79 Å². The van der Waals surface area contributed by atoms with Gasteiger partial charge < -0.3 is 5.32 Å². The molecule has 5 nitrogen and oxygen atoms in total. The molecule has 1 aliphatic rings. The number of hydrogen-bond acceptors (Lipinski definition) is 3. The number of rotatable bonds is 4. The lowest BCUT2D eigenvalue weighted by Crippen LogP contribution is -2.51. The molecule has 1 heterocycles. The van der Waals surface area contributed by atoms with E-state index in [4.69, 9.17) is 23.2 Å². The van der Waals surface area contributed by atoms with Crippen molar-refractivity contribution >= 4 is 39.1 Å². The Balaban J connectivity index is 2.11. The molecule has 0 saturated carbocycles. The Morgan fingerprint density at radius 1 is 1.30 bits per heavy atom. The summed E-state index contributed by atoms with van der Waals surface area (Å²) in [6.07, 6.45) is 3.29. The summed E-state index contributed by atoms with van der Waals surface area (Å²) in [6.45, 7) is 2.21. The lowest BCUT2D eigenvalue weighted by molar-refractivity contribution is -0.126. The number of nitrogens with zero attached hydrogens (tertiary/aromatic N) is 1. The zero-order valence-electron chi connectivity index (χ0n) is 13.1. The minimum Gasteiger partial charge on any atom is -0.348 e. The van der Waals surface area contributed by atoms with Crippen LogP contribution in [-0.2, 0) is 14.8 Å². The van der Waals surface area contributed by atoms with Gasteiger partial charge in [-0.25, -0.2) is 8.42 Å². The molecule has 1 fully saturated rings. The van der Waals surface area contributed by atoms with Crippen LogP contribution in [0.5, 0.6) is 0 Å². The molecule has 0 aromatic heterocycles. The van der Waals surface area contributed by atoms with Crippen LogP contribution in [-0.4, -0.2) is 37.5 Å². The van der Waals surface area contributed by atoms with E-state index in [1.54, 1.807) is 18.2 Å². The summed E-state index contributed by atoms with van der Waals surface area (Å²) in [6, 6.07) is 4.22. The fourth-order valence-electron chi connectivity index (χ4n) is 2.74. The number of sulfonamides is 1. The van der Waals surface area contributed by atoms with Crippen LogP contribution in [0.2, 0.25) is 10.0 Å². The molecule has 0 bridgehead atoms. The molecule has 1 aliphatic heterocycles. The maximum Gasteiger partial charge on any atom is 0.238 e. The van der Waals surface area contributed by atoms with E-state index in [2.05, 4.69) is 5.32 Å². The SMILES string of the molecule is CC(NC(=O)C1CCCCN1S(C)(=O)=O)c1ccc(Cl)c(Cl)c1. The molecular weight excluding hydrogens is 359 g/mol. The van der Waals surface area contributed by atoms with Crippen molar-refractivity contribution in [1.82, 2.24) is 9.62 Å². The molecule has 2 unspecified atom stereocenters. The quantitative estimate of drug-likeness (QED) is 0.875. The maximum absolute atomic E-state index is 12.5. The van der Waals surface area contributed by atoms with Gasteiger partial charge in [-0.1, -0.05) is 35.7 Å². The van der Waals surface area contributed by atoms with E-state index >= 15 is 0 Å². The van der Waals surface area contributed by atoms with E-state index in [0.717, 1.165) is 24.7 Å². The van der Waals surface area contributed by atoms with Crippen LogP contribution in [0.15, 0.2) is 18.2 Å². The van der Waals surface area contributed by atoms with Crippen LogP contribution < -0.4 is 5.32 Å². The number of benzene rings is 1. The minimum absolute atomic E-state index is 0.284. The van der Waals surface area contributed by atoms with Crippen molar-refractivity contribution in [2.75, 3.05) is 12.8 Å². The highest BCUT2D eigenvalue weighted by Crippen LogP contribution is 2.26. The first-order valence-electron chi connectivity index (χ1n) is 7.42. The predicted octanol–water partition coefficient (Wildman–Crippen LogP) is 2.98. The van der Waals surface area contributed by atoms with Gasteiger partial charge in [0, 0.05) is 6.54 Å². The van der Waals surface area contributed by atoms with E-state index in [0.29, 0.717) is 23.0 Å². The first kappa shape index (κ1) is 18.5. The molecule has 1 aromatic carbocycles. The van der Waals surface area contributed by atoms with Gasteiger partial charge in [0.25, 0.3) is 0 Å². The summed E-state index contributed by atoms with van der Waals surface area (Å²) in [5.74, 6) is -0.284. The summed E-state index contributed by atoms with van der Waals surface area (Å²) in [4.78, 5) is 12.5. The molecule has 2 atom stereocenters. The monoisotopic (exact) mass is 378 g/mol. The van der Waals surface area contributed by atoms with Gasteiger partial charge >= 0.3 is 0 Å². The average molecular weight is 379 g/mol. The van der Waals surface area contributed by atoms with Crippen LogP contribution >= 0.6 is 23.2 Å². The Morgan fingerprint density at radius 2 is 2.00 bits per heavy atom. The van der Waals surface area contributed by atoms with E-state index in [1.807, 2.05) is 6.92 Å². The van der Waals surface area contributed by atoms with E-state index in [1.165, 1.54) is 4.31 Å². The second kappa shape index (κ2) is 7.38. The normalized spacial score (nSPS) is 21.0. The van der Waals surface area contributed by atoms with Gasteiger partial charge in [0.15, 0.2) is 0 Å². The third kappa shape index (κ3) is 4.59. The Bertz CT molecular complexity index is 694. The molecule has 1 amide bonds. The van der Waals surface area contributed by atoms with Crippen LogP contribution in [0.25, 0.3) is 0 Å². The number of carbonyl (C=O) groups is 1. The fraction of sp³-hybridized carbons (Fsp3) is 0.533. The summed E-state index contributed by atoms with van der Waals surface area (Å²) in [5, 5.41) is 3.73. The second-order valence-corrected chi connectivity index (χ2v) is 8.54. The molecule has 1 aromatic rings. The molecule has 1 saturated heterocycles. The van der Waals surface area contributed by atoms with Crippen molar-refractivity contribution in [1.29, 1.82) is 0 Å². The number of halogens is 2. The number of piperidine rings is 1. The molecule has 8 heteroatoms. The van der Waals surface area contributed by atoms with Gasteiger partial charge in [0.05, 0.1) is 22.3 Å². The van der Waals surface area contributed by atoms with Crippen molar-refractivity contribution in [2.45, 2.75) is 38.3 Å². The highest BCUT2D eigenvalue weighted by molar-refractivity contribution is 7.88. The molecule has 2 rings (SSSR count). The number of hydrogen-bond donors (Lipinski definition) is 1. The summed E-state index contributed by atoms with van der Waals surface area (Å²) in [7, 11) is -3.40. The minimum atomic E-state index is -3.40. The lowest BCUT2D eigenvalue weighted by Gasteiger charge is -2.33. The second-order valence-electron chi connectivity index (χ2n) is 5.79. The Hall–Kier alpha value is -0.820. The van der Waals surface area contributed by atoms with E-state index in [-0.39, 0.29) is 11.9 Å². The zero-order chi connectivity index (χ0) is 17.2. The maximum atomic E-state index is 12.5. The number of amides is 1. The molecule has 0 aliphatic carbocycles. The van der Waals surface area contributed by atoms with Gasteiger partial charge in [-0.2, -0.15) is 4.31 Å². The van der Waals surface area contributed by atoms with Crippen molar-refractivity contribution < 1.29 is 13.2 Å². The van der Waals surface area contributed by atoms with Gasteiger partial charge in [-0.05, 0) is 37.5 Å². The highest BCUT2D eigenvalue weighted by atomic mass is 35.5. The smallest absolute Gasteiger partial charge is 0.238 e. The molecule has 0 radical (unpaired) electrons. The van der Waals surface area contributed by atoms with Crippen molar-refractivity contribution in [3.05, 3.63) is 33.8 Å². The topological polar surface area (TPSA) is 66.5 Å². The van der Waals surface area contributed by atoms with Crippen LogP contribution in [0.3, 0.4) is 0 Å². The largest absolute Gasteiger partial charge is 0.348 e. The summed E-state index contributed by atoms with van der Waals surface area (Å²) in [5.41, 5.74) is 0.814. The third-order valence-electron chi connectivity index (χ3n) is 3.98. The lowest BCUT2D eigenvalue weighted by atomic mass is 10.0. The molecular formula is C15H20Cl2N2O3S. The van der Waals surface area contributed by atoms with E-state index in [9.17, 15) is 13.2 Å². The van der Waals surface area contributed by atoms with Gasteiger partial charge in [0.2, 0.25) is 15.9 Å². The van der Waals surface area contributed by atoms with Gasteiger partial charge in [-0.15, -0.1) is 0 Å². The van der Waals surface area contributed by atoms with Crippen molar-refractivity contribution in [3.8, 4) is 0 Å². The van der Waals surface area contributed by atoms with Gasteiger partial charge in [0.1, 0.15) is 6.04 Å². The Labute approximate surface area is 147 Å². The first-order chi connectivity index (χ1) is 10.7. The van der Waals surface area contributed by atoms with E-state index < -0.39 is 16.1 Å². The Kier molecular flexibility index (Phi) is 5.94. The molecule has 128 valence electrons. The third-order valence-corrected chi connectivity index (χ3v) is 6.01. The molecule has 1 N–H and O–H groups in total. The van der Waals surface area contributed by atoms with Crippen LogP contribution in [0, 0.1) is 0 Å². The van der Waals surface area contributed by atoms with Crippen molar-refractivity contribution in [3.63, 3.8) is 0 Å². The fourth-order valence-corrected chi connectivity index (χ4v) is 4.17. The Morgan fingerprint density at radius 3 is 2.61 bits per heavy atom. The van der Waals surface area contributed by atoms with Crippen LogP contribution in [0.1, 0.15) is 37.8 Å². The summed E-state index contributed by atoms with van der Waals surface area (Å²) >= 11 is 11.9. The predicted molar refractivity (Wildman–Crippen MR) is 92.2 cm³/mol. The zero-order valence-corrected chi connectivity index (χ0v) is 15.4.